The van der Waals surface area contributed by atoms with Crippen molar-refractivity contribution in [1.29, 1.82) is 0 Å². The first-order valence-corrected chi connectivity index (χ1v) is 6.89. The summed E-state index contributed by atoms with van der Waals surface area (Å²) in [6, 6.07) is 3.88. The third kappa shape index (κ3) is 3.26. The molecule has 1 aliphatic rings. The van der Waals surface area contributed by atoms with Crippen molar-refractivity contribution in [3.05, 3.63) is 28.5 Å². The highest BCUT2D eigenvalue weighted by atomic mass is 35.5. The van der Waals surface area contributed by atoms with Crippen LogP contribution in [-0.4, -0.2) is 44.3 Å². The lowest BCUT2D eigenvalue weighted by Crippen LogP contribution is -2.37. The van der Waals surface area contributed by atoms with Crippen LogP contribution in [0.25, 0.3) is 0 Å². The molecular formula is C14H21ClN2O2. The van der Waals surface area contributed by atoms with Gasteiger partial charge in [0.05, 0.1) is 11.3 Å². The third-order valence-electron chi connectivity index (χ3n) is 3.59. The maximum absolute atomic E-state index is 6.03. The lowest BCUT2D eigenvalue weighted by molar-refractivity contribution is -0.0956. The molecule has 0 saturated carbocycles. The number of aromatic nitrogens is 1. The minimum absolute atomic E-state index is 0.290. The molecule has 0 unspecified atom stereocenters. The average Bonchev–Trinajstić information content (AvgIpc) is 2.39. The average molecular weight is 285 g/mol. The van der Waals surface area contributed by atoms with E-state index in [0.717, 1.165) is 43.9 Å². The SMILES string of the molecule is COC1(c2ccc(Cl)nc2CN(C)C)CCOCC1. The summed E-state index contributed by atoms with van der Waals surface area (Å²) in [6.45, 7) is 2.19. The summed E-state index contributed by atoms with van der Waals surface area (Å²) in [5.74, 6) is 0. The van der Waals surface area contributed by atoms with E-state index >= 15 is 0 Å². The van der Waals surface area contributed by atoms with Gasteiger partial charge in [-0.15, -0.1) is 0 Å². The van der Waals surface area contributed by atoms with Crippen molar-refractivity contribution in [3.8, 4) is 0 Å². The molecule has 106 valence electrons. The van der Waals surface area contributed by atoms with Gasteiger partial charge in [0.25, 0.3) is 0 Å². The van der Waals surface area contributed by atoms with Crippen LogP contribution in [0.4, 0.5) is 0 Å². The van der Waals surface area contributed by atoms with Gasteiger partial charge in [-0.25, -0.2) is 4.98 Å². The van der Waals surface area contributed by atoms with E-state index in [2.05, 4.69) is 9.88 Å². The standard InChI is InChI=1S/C14H21ClN2O2/c1-17(2)10-12-11(4-5-13(15)16-12)14(18-3)6-8-19-9-7-14/h4-5H,6-10H2,1-3H3. The second kappa shape index (κ2) is 6.18. The predicted molar refractivity (Wildman–Crippen MR) is 75.4 cm³/mol. The van der Waals surface area contributed by atoms with Crippen LogP contribution in [0, 0.1) is 0 Å². The summed E-state index contributed by atoms with van der Waals surface area (Å²) >= 11 is 6.03. The zero-order valence-corrected chi connectivity index (χ0v) is 12.5. The highest BCUT2D eigenvalue weighted by molar-refractivity contribution is 6.29. The van der Waals surface area contributed by atoms with E-state index in [1.807, 2.05) is 26.2 Å². The van der Waals surface area contributed by atoms with Crippen molar-refractivity contribution in [2.75, 3.05) is 34.4 Å². The summed E-state index contributed by atoms with van der Waals surface area (Å²) in [7, 11) is 5.81. The Labute approximate surface area is 119 Å². The maximum Gasteiger partial charge on any atom is 0.129 e. The highest BCUT2D eigenvalue weighted by Gasteiger charge is 2.36. The first kappa shape index (κ1) is 14.7. The molecule has 1 aromatic rings. The van der Waals surface area contributed by atoms with Crippen molar-refractivity contribution in [1.82, 2.24) is 9.88 Å². The zero-order valence-electron chi connectivity index (χ0n) is 11.8. The molecule has 1 aromatic heterocycles. The maximum atomic E-state index is 6.03. The van der Waals surface area contributed by atoms with Gasteiger partial charge >= 0.3 is 0 Å². The second-order valence-electron chi connectivity index (χ2n) is 5.18. The summed E-state index contributed by atoms with van der Waals surface area (Å²) in [5.41, 5.74) is 1.83. The minimum Gasteiger partial charge on any atom is -0.381 e. The first-order valence-electron chi connectivity index (χ1n) is 6.51. The Hall–Kier alpha value is -0.680. The second-order valence-corrected chi connectivity index (χ2v) is 5.56. The minimum atomic E-state index is -0.290. The third-order valence-corrected chi connectivity index (χ3v) is 3.80. The Morgan fingerprint density at radius 3 is 2.63 bits per heavy atom. The molecule has 0 radical (unpaired) electrons. The Kier molecular flexibility index (Phi) is 4.79. The molecule has 1 aliphatic heterocycles. The van der Waals surface area contributed by atoms with Crippen molar-refractivity contribution in [3.63, 3.8) is 0 Å². The van der Waals surface area contributed by atoms with Gasteiger partial charge in [-0.05, 0) is 20.2 Å². The summed E-state index contributed by atoms with van der Waals surface area (Å²) < 4.78 is 11.3. The topological polar surface area (TPSA) is 34.6 Å². The number of nitrogens with zero attached hydrogens (tertiary/aromatic N) is 2. The number of halogens is 1. The van der Waals surface area contributed by atoms with Gasteiger partial charge in [-0.2, -0.15) is 0 Å². The van der Waals surface area contributed by atoms with E-state index in [1.54, 1.807) is 7.11 Å². The molecule has 0 bridgehead atoms. The van der Waals surface area contributed by atoms with Crippen molar-refractivity contribution in [2.45, 2.75) is 25.0 Å². The Balaban J connectivity index is 2.40. The molecule has 0 amide bonds. The molecule has 0 aliphatic carbocycles. The number of hydrogen-bond acceptors (Lipinski definition) is 4. The molecule has 0 N–H and O–H groups in total. The van der Waals surface area contributed by atoms with Crippen LogP contribution < -0.4 is 0 Å². The van der Waals surface area contributed by atoms with Crippen LogP contribution in [0.15, 0.2) is 12.1 Å². The monoisotopic (exact) mass is 284 g/mol. The number of ether oxygens (including phenoxy) is 2. The number of pyridine rings is 1. The van der Waals surface area contributed by atoms with Crippen LogP contribution in [0.5, 0.6) is 0 Å². The molecule has 1 saturated heterocycles. The Morgan fingerprint density at radius 2 is 2.05 bits per heavy atom. The van der Waals surface area contributed by atoms with Gasteiger partial charge in [0.1, 0.15) is 5.15 Å². The van der Waals surface area contributed by atoms with Gasteiger partial charge in [0.2, 0.25) is 0 Å². The van der Waals surface area contributed by atoms with E-state index in [0.29, 0.717) is 5.15 Å². The highest BCUT2D eigenvalue weighted by Crippen LogP contribution is 2.37. The molecule has 2 heterocycles. The summed E-state index contributed by atoms with van der Waals surface area (Å²) in [5, 5.41) is 0.527. The van der Waals surface area contributed by atoms with Crippen LogP contribution in [0.3, 0.4) is 0 Å². The van der Waals surface area contributed by atoms with E-state index in [1.165, 1.54) is 0 Å². The van der Waals surface area contributed by atoms with Gasteiger partial charge in [0.15, 0.2) is 0 Å². The van der Waals surface area contributed by atoms with Gasteiger partial charge in [-0.1, -0.05) is 17.7 Å². The smallest absolute Gasteiger partial charge is 0.129 e. The zero-order chi connectivity index (χ0) is 13.9. The van der Waals surface area contributed by atoms with E-state index in [9.17, 15) is 0 Å². The Morgan fingerprint density at radius 1 is 1.37 bits per heavy atom. The molecule has 0 aromatic carbocycles. The molecule has 0 atom stereocenters. The van der Waals surface area contributed by atoms with Crippen LogP contribution in [0.2, 0.25) is 5.15 Å². The normalized spacial score (nSPS) is 18.8. The Bertz CT molecular complexity index is 431. The van der Waals surface area contributed by atoms with Crippen molar-refractivity contribution < 1.29 is 9.47 Å². The largest absolute Gasteiger partial charge is 0.381 e. The summed E-state index contributed by atoms with van der Waals surface area (Å²) in [4.78, 5) is 6.57. The van der Waals surface area contributed by atoms with Gasteiger partial charge in [-0.3, -0.25) is 0 Å². The lowest BCUT2D eigenvalue weighted by Gasteiger charge is -2.37. The number of methoxy groups -OCH3 is 1. The fraction of sp³-hybridized carbons (Fsp3) is 0.643. The summed E-state index contributed by atoms with van der Waals surface area (Å²) in [6.07, 6.45) is 1.71. The molecular weight excluding hydrogens is 264 g/mol. The van der Waals surface area contributed by atoms with Gasteiger partial charge in [0, 0.05) is 45.3 Å². The quantitative estimate of drug-likeness (QED) is 0.796. The number of hydrogen-bond donors (Lipinski definition) is 0. The van der Waals surface area contributed by atoms with E-state index in [4.69, 9.17) is 21.1 Å². The fourth-order valence-electron chi connectivity index (χ4n) is 2.59. The van der Waals surface area contributed by atoms with Crippen LogP contribution in [-0.2, 0) is 21.6 Å². The molecule has 1 fully saturated rings. The van der Waals surface area contributed by atoms with Crippen LogP contribution in [0.1, 0.15) is 24.1 Å². The molecule has 5 heteroatoms. The van der Waals surface area contributed by atoms with Gasteiger partial charge < -0.3 is 14.4 Å². The molecule has 0 spiro atoms. The fourth-order valence-corrected chi connectivity index (χ4v) is 2.76. The van der Waals surface area contributed by atoms with E-state index < -0.39 is 0 Å². The first-order chi connectivity index (χ1) is 9.07. The molecule has 2 rings (SSSR count). The van der Waals surface area contributed by atoms with E-state index in [-0.39, 0.29) is 5.60 Å². The lowest BCUT2D eigenvalue weighted by atomic mass is 9.85. The molecule has 4 nitrogen and oxygen atoms in total. The molecule has 19 heavy (non-hydrogen) atoms. The van der Waals surface area contributed by atoms with Crippen molar-refractivity contribution >= 4 is 11.6 Å². The van der Waals surface area contributed by atoms with Crippen molar-refractivity contribution in [2.24, 2.45) is 0 Å². The van der Waals surface area contributed by atoms with Crippen LogP contribution >= 0.6 is 11.6 Å². The predicted octanol–water partition coefficient (Wildman–Crippen LogP) is 2.45. The number of rotatable bonds is 4.